The molecule has 1 aliphatic heterocycles. The van der Waals surface area contributed by atoms with Crippen LogP contribution in [0.3, 0.4) is 0 Å². The largest absolute Gasteiger partial charge is 0.326 e. The molecule has 8 nitrogen and oxygen atoms in total. The zero-order valence-electron chi connectivity index (χ0n) is 17.9. The number of nitrogens with zero attached hydrogens (tertiary/aromatic N) is 2. The Kier molecular flexibility index (Phi) is 7.61. The molecule has 164 valence electrons. The van der Waals surface area contributed by atoms with E-state index in [1.165, 1.54) is 12.5 Å². The highest BCUT2D eigenvalue weighted by Gasteiger charge is 2.24. The lowest BCUT2D eigenvalue weighted by atomic mass is 10.2. The van der Waals surface area contributed by atoms with Crippen molar-refractivity contribution >= 4 is 29.2 Å². The number of piperazine rings is 1. The van der Waals surface area contributed by atoms with Crippen molar-refractivity contribution in [2.45, 2.75) is 26.4 Å². The first-order chi connectivity index (χ1) is 14.9. The molecule has 0 spiro atoms. The Bertz CT molecular complexity index is 893. The Hall–Kier alpha value is -3.39. The van der Waals surface area contributed by atoms with E-state index in [1.54, 1.807) is 36.1 Å². The van der Waals surface area contributed by atoms with Gasteiger partial charge in [-0.15, -0.1) is 0 Å². The van der Waals surface area contributed by atoms with Gasteiger partial charge in [-0.1, -0.05) is 30.3 Å². The molecule has 3 N–H and O–H groups in total. The number of benzene rings is 2. The highest BCUT2D eigenvalue weighted by atomic mass is 16.2. The first-order valence-electron chi connectivity index (χ1n) is 10.4. The molecule has 0 aromatic heterocycles. The van der Waals surface area contributed by atoms with Crippen molar-refractivity contribution in [3.8, 4) is 0 Å². The lowest BCUT2D eigenvalue weighted by Crippen LogP contribution is -2.54. The second-order valence-electron chi connectivity index (χ2n) is 7.67. The number of hydrogen-bond donors (Lipinski definition) is 3. The van der Waals surface area contributed by atoms with Gasteiger partial charge in [-0.3, -0.25) is 14.5 Å². The summed E-state index contributed by atoms with van der Waals surface area (Å²) in [5.74, 6) is -0.461. The minimum absolute atomic E-state index is 0.158. The summed E-state index contributed by atoms with van der Waals surface area (Å²) >= 11 is 0. The molecule has 2 aromatic carbocycles. The van der Waals surface area contributed by atoms with Crippen LogP contribution in [0.15, 0.2) is 54.6 Å². The third-order valence-corrected chi connectivity index (χ3v) is 5.11. The summed E-state index contributed by atoms with van der Waals surface area (Å²) in [6.07, 6.45) is 0. The van der Waals surface area contributed by atoms with E-state index in [4.69, 9.17) is 0 Å². The maximum Gasteiger partial charge on any atom is 0.318 e. The summed E-state index contributed by atoms with van der Waals surface area (Å²) in [5, 5.41) is 8.21. The van der Waals surface area contributed by atoms with E-state index < -0.39 is 6.04 Å². The Balaban J connectivity index is 1.42. The van der Waals surface area contributed by atoms with Gasteiger partial charge in [0.05, 0.1) is 0 Å². The number of rotatable bonds is 6. The normalized spacial score (nSPS) is 15.1. The highest BCUT2D eigenvalue weighted by molar-refractivity contribution is 5.97. The van der Waals surface area contributed by atoms with E-state index in [0.717, 1.165) is 19.6 Å². The monoisotopic (exact) mass is 423 g/mol. The van der Waals surface area contributed by atoms with Gasteiger partial charge >= 0.3 is 6.03 Å². The average Bonchev–Trinajstić information content (AvgIpc) is 2.76. The maximum atomic E-state index is 12.6. The molecule has 31 heavy (non-hydrogen) atoms. The lowest BCUT2D eigenvalue weighted by Gasteiger charge is -2.35. The van der Waals surface area contributed by atoms with Gasteiger partial charge in [0, 0.05) is 51.0 Å². The number of carbonyl (C=O) groups excluding carboxylic acids is 3. The average molecular weight is 424 g/mol. The van der Waals surface area contributed by atoms with Gasteiger partial charge in [0.15, 0.2) is 0 Å². The summed E-state index contributed by atoms with van der Waals surface area (Å²) in [7, 11) is 0. The van der Waals surface area contributed by atoms with Crippen molar-refractivity contribution in [1.29, 1.82) is 0 Å². The predicted octanol–water partition coefficient (Wildman–Crippen LogP) is 2.50. The number of hydrogen-bond acceptors (Lipinski definition) is 4. The Morgan fingerprint density at radius 2 is 1.45 bits per heavy atom. The van der Waals surface area contributed by atoms with Crippen molar-refractivity contribution in [2.24, 2.45) is 0 Å². The van der Waals surface area contributed by atoms with E-state index in [2.05, 4.69) is 33.0 Å². The van der Waals surface area contributed by atoms with E-state index in [1.807, 2.05) is 18.2 Å². The molecule has 1 heterocycles. The number of nitrogens with one attached hydrogen (secondary N) is 3. The summed E-state index contributed by atoms with van der Waals surface area (Å²) in [5.41, 5.74) is 2.50. The van der Waals surface area contributed by atoms with E-state index in [0.29, 0.717) is 24.5 Å². The third-order valence-electron chi connectivity index (χ3n) is 5.11. The Labute approximate surface area is 182 Å². The van der Waals surface area contributed by atoms with Gasteiger partial charge < -0.3 is 20.9 Å². The van der Waals surface area contributed by atoms with Crippen LogP contribution in [0.25, 0.3) is 0 Å². The van der Waals surface area contributed by atoms with Crippen molar-refractivity contribution in [2.75, 3.05) is 36.8 Å². The molecule has 8 heteroatoms. The minimum atomic E-state index is -0.676. The first-order valence-corrected chi connectivity index (χ1v) is 10.4. The number of amides is 4. The van der Waals surface area contributed by atoms with E-state index in [9.17, 15) is 14.4 Å². The molecule has 1 atom stereocenters. The molecule has 0 aliphatic carbocycles. The Morgan fingerprint density at radius 3 is 2.03 bits per heavy atom. The van der Waals surface area contributed by atoms with Crippen LogP contribution in [0.1, 0.15) is 19.4 Å². The topological polar surface area (TPSA) is 93.8 Å². The van der Waals surface area contributed by atoms with Gasteiger partial charge in [-0.2, -0.15) is 0 Å². The fourth-order valence-corrected chi connectivity index (χ4v) is 3.38. The number of carbonyl (C=O) groups is 3. The molecular weight excluding hydrogens is 394 g/mol. The zero-order chi connectivity index (χ0) is 22.2. The zero-order valence-corrected chi connectivity index (χ0v) is 17.9. The van der Waals surface area contributed by atoms with Gasteiger partial charge in [0.1, 0.15) is 6.04 Å². The first kappa shape index (κ1) is 22.3. The lowest BCUT2D eigenvalue weighted by molar-refractivity contribution is -0.117. The molecule has 0 radical (unpaired) electrons. The Morgan fingerprint density at radius 1 is 0.871 bits per heavy atom. The quantitative estimate of drug-likeness (QED) is 0.666. The van der Waals surface area contributed by atoms with Gasteiger partial charge in [0.2, 0.25) is 11.8 Å². The predicted molar refractivity (Wildman–Crippen MR) is 121 cm³/mol. The van der Waals surface area contributed by atoms with Gasteiger partial charge in [-0.25, -0.2) is 4.79 Å². The number of anilines is 2. The second-order valence-corrected chi connectivity index (χ2v) is 7.67. The molecule has 1 saturated heterocycles. The van der Waals surface area contributed by atoms with Crippen LogP contribution in [-0.2, 0) is 16.1 Å². The molecule has 0 unspecified atom stereocenters. The number of urea groups is 1. The molecule has 1 fully saturated rings. The van der Waals surface area contributed by atoms with Crippen molar-refractivity contribution in [1.82, 2.24) is 15.1 Å². The van der Waals surface area contributed by atoms with Crippen LogP contribution in [0.5, 0.6) is 0 Å². The maximum absolute atomic E-state index is 12.6. The van der Waals surface area contributed by atoms with Crippen LogP contribution in [0.4, 0.5) is 16.2 Å². The smallest absolute Gasteiger partial charge is 0.318 e. The summed E-state index contributed by atoms with van der Waals surface area (Å²) in [6.45, 7) is 6.80. The van der Waals surface area contributed by atoms with Crippen LogP contribution in [-0.4, -0.2) is 59.9 Å². The molecule has 3 rings (SSSR count). The minimum Gasteiger partial charge on any atom is -0.326 e. The summed E-state index contributed by atoms with van der Waals surface area (Å²) < 4.78 is 0. The van der Waals surface area contributed by atoms with Gasteiger partial charge in [0.25, 0.3) is 0 Å². The van der Waals surface area contributed by atoms with Crippen LogP contribution in [0, 0.1) is 0 Å². The molecule has 4 amide bonds. The van der Waals surface area contributed by atoms with E-state index in [-0.39, 0.29) is 17.8 Å². The summed E-state index contributed by atoms with van der Waals surface area (Å²) in [6, 6.07) is 16.2. The second kappa shape index (κ2) is 10.6. The van der Waals surface area contributed by atoms with Crippen molar-refractivity contribution in [3.63, 3.8) is 0 Å². The molecule has 2 aromatic rings. The van der Waals surface area contributed by atoms with Crippen LogP contribution >= 0.6 is 0 Å². The molecule has 0 saturated carbocycles. The molecule has 0 bridgehead atoms. The molecule has 1 aliphatic rings. The fourth-order valence-electron chi connectivity index (χ4n) is 3.38. The van der Waals surface area contributed by atoms with Crippen molar-refractivity contribution in [3.05, 3.63) is 60.2 Å². The fraction of sp³-hybridized carbons (Fsp3) is 0.348. The van der Waals surface area contributed by atoms with Crippen molar-refractivity contribution < 1.29 is 14.4 Å². The SMILES string of the molecule is CC(=O)Nc1ccc(NC(=O)[C@H](C)NC(=O)N2CCN(Cc3ccccc3)CC2)cc1. The summed E-state index contributed by atoms with van der Waals surface area (Å²) in [4.78, 5) is 40.1. The highest BCUT2D eigenvalue weighted by Crippen LogP contribution is 2.14. The van der Waals surface area contributed by atoms with E-state index >= 15 is 0 Å². The van der Waals surface area contributed by atoms with Crippen LogP contribution in [0.2, 0.25) is 0 Å². The molecular formula is C23H29N5O3. The van der Waals surface area contributed by atoms with Gasteiger partial charge in [-0.05, 0) is 36.8 Å². The third kappa shape index (κ3) is 6.82. The van der Waals surface area contributed by atoms with Crippen LogP contribution < -0.4 is 16.0 Å². The standard InChI is InChI=1S/C23H29N5O3/c1-17(22(30)26-21-10-8-20(9-11-21)25-18(2)29)24-23(31)28-14-12-27(13-15-28)16-19-6-4-3-5-7-19/h3-11,17H,12-16H2,1-2H3,(H,24,31)(H,25,29)(H,26,30)/t17-/m0/s1.